The van der Waals surface area contributed by atoms with Crippen LogP contribution in [-0.2, 0) is 9.47 Å². The lowest BCUT2D eigenvalue weighted by molar-refractivity contribution is -0.219. The van der Waals surface area contributed by atoms with E-state index in [1.807, 2.05) is 13.8 Å². The van der Waals surface area contributed by atoms with Gasteiger partial charge in [-0.1, -0.05) is 13.8 Å². The Kier molecular flexibility index (Phi) is 6.34. The van der Waals surface area contributed by atoms with Crippen LogP contribution in [0.25, 0.3) is 0 Å². The van der Waals surface area contributed by atoms with E-state index in [0.717, 1.165) is 25.9 Å². The highest BCUT2D eigenvalue weighted by Crippen LogP contribution is 2.22. The van der Waals surface area contributed by atoms with Crippen LogP contribution < -0.4 is 5.32 Å². The summed E-state index contributed by atoms with van der Waals surface area (Å²) in [5.74, 6) is -0.300. The van der Waals surface area contributed by atoms with Gasteiger partial charge in [-0.25, -0.2) is 0 Å². The number of methoxy groups -OCH3 is 2. The van der Waals surface area contributed by atoms with Gasteiger partial charge in [0.15, 0.2) is 5.79 Å². The van der Waals surface area contributed by atoms with Crippen molar-refractivity contribution in [2.45, 2.75) is 32.5 Å². The number of hydrogen-bond donors (Lipinski definition) is 1. The van der Waals surface area contributed by atoms with Gasteiger partial charge in [0, 0.05) is 40.2 Å². The van der Waals surface area contributed by atoms with E-state index >= 15 is 0 Å². The molecule has 74 valence electrons. The van der Waals surface area contributed by atoms with Crippen molar-refractivity contribution >= 4 is 0 Å². The standard InChI is InChI=1S/C7H15NO2.C2H6/c1-9-7(10-2)3-5-8-6-4-7;1-2/h8H,3-6H2,1-2H3;1-2H3. The Morgan fingerprint density at radius 1 is 1.00 bits per heavy atom. The van der Waals surface area contributed by atoms with Crippen molar-refractivity contribution in [3.05, 3.63) is 0 Å². The Bertz CT molecular complexity index is 94.7. The summed E-state index contributed by atoms with van der Waals surface area (Å²) in [6, 6.07) is 0. The van der Waals surface area contributed by atoms with Gasteiger partial charge in [-0.2, -0.15) is 0 Å². The van der Waals surface area contributed by atoms with E-state index in [4.69, 9.17) is 9.47 Å². The molecule has 0 bridgehead atoms. The average molecular weight is 175 g/mol. The van der Waals surface area contributed by atoms with E-state index in [0.29, 0.717) is 0 Å². The number of nitrogens with one attached hydrogen (secondary N) is 1. The monoisotopic (exact) mass is 175 g/mol. The van der Waals surface area contributed by atoms with Gasteiger partial charge in [0.05, 0.1) is 0 Å². The highest BCUT2D eigenvalue weighted by molar-refractivity contribution is 4.76. The molecule has 1 heterocycles. The summed E-state index contributed by atoms with van der Waals surface area (Å²) in [5.41, 5.74) is 0. The third-order valence-electron chi connectivity index (χ3n) is 2.11. The maximum absolute atomic E-state index is 5.27. The molecule has 1 fully saturated rings. The molecule has 0 amide bonds. The van der Waals surface area contributed by atoms with E-state index in [2.05, 4.69) is 5.32 Å². The molecule has 1 aliphatic heterocycles. The van der Waals surface area contributed by atoms with Gasteiger partial charge in [-0.05, 0) is 0 Å². The van der Waals surface area contributed by atoms with Crippen molar-refractivity contribution in [1.82, 2.24) is 5.32 Å². The van der Waals surface area contributed by atoms with Crippen molar-refractivity contribution in [1.29, 1.82) is 0 Å². The molecule has 1 aliphatic rings. The zero-order valence-electron chi connectivity index (χ0n) is 8.64. The minimum atomic E-state index is -0.300. The lowest BCUT2D eigenvalue weighted by atomic mass is 10.1. The molecule has 0 aromatic carbocycles. The molecule has 0 saturated carbocycles. The summed E-state index contributed by atoms with van der Waals surface area (Å²) < 4.78 is 10.5. The molecule has 12 heavy (non-hydrogen) atoms. The Morgan fingerprint density at radius 2 is 1.42 bits per heavy atom. The second kappa shape index (κ2) is 6.40. The normalized spacial score (nSPS) is 21.0. The first kappa shape index (κ1) is 11.9. The Hall–Kier alpha value is -0.120. The van der Waals surface area contributed by atoms with Crippen LogP contribution in [0, 0.1) is 0 Å². The van der Waals surface area contributed by atoms with Gasteiger partial charge in [-0.15, -0.1) is 0 Å². The smallest absolute Gasteiger partial charge is 0.169 e. The summed E-state index contributed by atoms with van der Waals surface area (Å²) in [5, 5.41) is 3.25. The molecule has 0 radical (unpaired) electrons. The van der Waals surface area contributed by atoms with Crippen LogP contribution >= 0.6 is 0 Å². The van der Waals surface area contributed by atoms with Gasteiger partial charge < -0.3 is 14.8 Å². The fourth-order valence-electron chi connectivity index (χ4n) is 1.30. The minimum Gasteiger partial charge on any atom is -0.353 e. The lowest BCUT2D eigenvalue weighted by Gasteiger charge is -2.34. The van der Waals surface area contributed by atoms with Crippen molar-refractivity contribution in [3.8, 4) is 0 Å². The zero-order valence-corrected chi connectivity index (χ0v) is 8.64. The van der Waals surface area contributed by atoms with Crippen molar-refractivity contribution in [2.24, 2.45) is 0 Å². The highest BCUT2D eigenvalue weighted by Gasteiger charge is 2.30. The summed E-state index contributed by atoms with van der Waals surface area (Å²) in [6.45, 7) is 5.98. The van der Waals surface area contributed by atoms with Crippen molar-refractivity contribution < 1.29 is 9.47 Å². The van der Waals surface area contributed by atoms with Crippen LogP contribution in [0.15, 0.2) is 0 Å². The van der Waals surface area contributed by atoms with Crippen molar-refractivity contribution in [2.75, 3.05) is 27.3 Å². The molecule has 1 N–H and O–H groups in total. The quantitative estimate of drug-likeness (QED) is 0.643. The highest BCUT2D eigenvalue weighted by atomic mass is 16.7. The molecule has 3 heteroatoms. The Morgan fingerprint density at radius 3 is 1.67 bits per heavy atom. The topological polar surface area (TPSA) is 30.5 Å². The molecular weight excluding hydrogens is 154 g/mol. The van der Waals surface area contributed by atoms with Gasteiger partial charge in [-0.3, -0.25) is 0 Å². The second-order valence-corrected chi connectivity index (χ2v) is 2.57. The first-order chi connectivity index (χ1) is 5.83. The summed E-state index contributed by atoms with van der Waals surface area (Å²) in [6.07, 6.45) is 1.89. The molecule has 0 aromatic rings. The van der Waals surface area contributed by atoms with Gasteiger partial charge in [0.2, 0.25) is 0 Å². The average Bonchev–Trinajstić information content (AvgIpc) is 2.22. The zero-order chi connectivity index (χ0) is 9.45. The van der Waals surface area contributed by atoms with Gasteiger partial charge >= 0.3 is 0 Å². The number of ether oxygens (including phenoxy) is 2. The lowest BCUT2D eigenvalue weighted by Crippen LogP contribution is -2.44. The molecule has 0 unspecified atom stereocenters. The van der Waals surface area contributed by atoms with Crippen molar-refractivity contribution in [3.63, 3.8) is 0 Å². The number of rotatable bonds is 2. The minimum absolute atomic E-state index is 0.300. The van der Waals surface area contributed by atoms with E-state index in [1.165, 1.54) is 0 Å². The first-order valence-corrected chi connectivity index (χ1v) is 4.64. The van der Waals surface area contributed by atoms with E-state index in [-0.39, 0.29) is 5.79 Å². The summed E-state index contributed by atoms with van der Waals surface area (Å²) in [4.78, 5) is 0. The molecular formula is C9H21NO2. The molecule has 0 aromatic heterocycles. The fraction of sp³-hybridized carbons (Fsp3) is 1.00. The largest absolute Gasteiger partial charge is 0.353 e. The molecule has 0 spiro atoms. The summed E-state index contributed by atoms with van der Waals surface area (Å²) in [7, 11) is 3.41. The van der Waals surface area contributed by atoms with Gasteiger partial charge in [0.1, 0.15) is 0 Å². The maximum Gasteiger partial charge on any atom is 0.169 e. The SMILES string of the molecule is CC.COC1(OC)CCNCC1. The number of piperidine rings is 1. The first-order valence-electron chi connectivity index (χ1n) is 4.64. The van der Waals surface area contributed by atoms with Crippen LogP contribution in [0.5, 0.6) is 0 Å². The van der Waals surface area contributed by atoms with Crippen LogP contribution in [-0.4, -0.2) is 33.1 Å². The predicted molar refractivity (Wildman–Crippen MR) is 50.2 cm³/mol. The maximum atomic E-state index is 5.27. The Balaban J connectivity index is 0.000000561. The van der Waals surface area contributed by atoms with Gasteiger partial charge in [0.25, 0.3) is 0 Å². The van der Waals surface area contributed by atoms with Crippen LogP contribution in [0.3, 0.4) is 0 Å². The van der Waals surface area contributed by atoms with E-state index in [1.54, 1.807) is 14.2 Å². The van der Waals surface area contributed by atoms with E-state index < -0.39 is 0 Å². The summed E-state index contributed by atoms with van der Waals surface area (Å²) >= 11 is 0. The van der Waals surface area contributed by atoms with E-state index in [9.17, 15) is 0 Å². The van der Waals surface area contributed by atoms with Crippen LogP contribution in [0.4, 0.5) is 0 Å². The molecule has 3 nitrogen and oxygen atoms in total. The molecule has 0 atom stereocenters. The molecule has 1 saturated heterocycles. The molecule has 0 aliphatic carbocycles. The predicted octanol–water partition coefficient (Wildman–Crippen LogP) is 1.39. The third kappa shape index (κ3) is 3.09. The van der Waals surface area contributed by atoms with Crippen LogP contribution in [0.1, 0.15) is 26.7 Å². The number of hydrogen-bond acceptors (Lipinski definition) is 3. The van der Waals surface area contributed by atoms with Crippen LogP contribution in [0.2, 0.25) is 0 Å². The third-order valence-corrected chi connectivity index (χ3v) is 2.11. The second-order valence-electron chi connectivity index (χ2n) is 2.57. The molecule has 1 rings (SSSR count). The Labute approximate surface area is 75.4 Å². The fourth-order valence-corrected chi connectivity index (χ4v) is 1.30.